The van der Waals surface area contributed by atoms with Crippen LogP contribution in [-0.2, 0) is 42.9 Å². The molecular formula is C36H51NO12. The molecular weight excluding hydrogens is 638 g/mol. The van der Waals surface area contributed by atoms with Gasteiger partial charge in [0.15, 0.2) is 5.60 Å². The van der Waals surface area contributed by atoms with Crippen LogP contribution >= 0.6 is 0 Å². The molecule has 0 amide bonds. The average Bonchev–Trinajstić information content (AvgIpc) is 3.90. The van der Waals surface area contributed by atoms with Gasteiger partial charge in [0.05, 0.1) is 29.1 Å². The van der Waals surface area contributed by atoms with Crippen molar-refractivity contribution in [1.29, 1.82) is 0 Å². The zero-order valence-electron chi connectivity index (χ0n) is 29.5. The van der Waals surface area contributed by atoms with Gasteiger partial charge in [-0.3, -0.25) is 14.4 Å². The number of carbonyl (C=O) groups excluding carboxylic acids is 4. The molecule has 20 atom stereocenters. The van der Waals surface area contributed by atoms with Gasteiger partial charge in [0.25, 0.3) is 0 Å². The minimum Gasteiger partial charge on any atom is -0.462 e. The molecule has 3 saturated heterocycles. The molecule has 0 aromatic rings. The maximum absolute atomic E-state index is 14.1. The first-order valence-corrected chi connectivity index (χ1v) is 18.0. The fourth-order valence-corrected chi connectivity index (χ4v) is 13.4. The molecule has 0 bridgehead atoms. The number of carbonyl (C=O) groups is 4. The molecule has 3 aliphatic heterocycles. The number of aliphatic hydroxyl groups is 3. The van der Waals surface area contributed by atoms with E-state index in [1.807, 2.05) is 27.7 Å². The van der Waals surface area contributed by atoms with E-state index in [2.05, 4.69) is 0 Å². The van der Waals surface area contributed by atoms with E-state index in [-0.39, 0.29) is 36.6 Å². The molecule has 0 aromatic carbocycles. The molecule has 49 heavy (non-hydrogen) atoms. The van der Waals surface area contributed by atoms with Gasteiger partial charge in [0.2, 0.25) is 5.79 Å². The lowest BCUT2D eigenvalue weighted by atomic mass is 9.40. The number of ether oxygens (including phenoxy) is 5. The van der Waals surface area contributed by atoms with Gasteiger partial charge in [-0.05, 0) is 69.1 Å². The Labute approximate surface area is 285 Å². The number of Topliss-reactive ketones (excluding diaryl/α,β-unsaturated/α-hetero) is 1. The van der Waals surface area contributed by atoms with E-state index in [9.17, 15) is 34.5 Å². The lowest BCUT2D eigenvalue weighted by molar-refractivity contribution is -0.242. The quantitative estimate of drug-likeness (QED) is 0.180. The van der Waals surface area contributed by atoms with Gasteiger partial charge in [0.1, 0.15) is 30.2 Å². The second-order valence-electron chi connectivity index (χ2n) is 17.7. The first-order chi connectivity index (χ1) is 22.7. The zero-order valence-corrected chi connectivity index (χ0v) is 29.5. The van der Waals surface area contributed by atoms with Gasteiger partial charge < -0.3 is 44.7 Å². The highest BCUT2D eigenvalue weighted by Gasteiger charge is 2.93. The summed E-state index contributed by atoms with van der Waals surface area (Å²) >= 11 is 0. The van der Waals surface area contributed by atoms with Crippen molar-refractivity contribution < 1.29 is 58.2 Å². The average molecular weight is 690 g/mol. The molecule has 13 heteroatoms. The molecule has 3 heterocycles. The topological polar surface area (TPSA) is 208 Å². The van der Waals surface area contributed by atoms with Gasteiger partial charge in [-0.1, -0.05) is 27.7 Å². The van der Waals surface area contributed by atoms with Crippen molar-refractivity contribution in [3.05, 3.63) is 0 Å². The van der Waals surface area contributed by atoms with E-state index in [0.717, 1.165) is 0 Å². The third kappa shape index (κ3) is 3.72. The summed E-state index contributed by atoms with van der Waals surface area (Å²) in [5, 5.41) is 36.5. The Morgan fingerprint density at radius 2 is 1.69 bits per heavy atom. The number of rotatable bonds is 5. The Morgan fingerprint density at radius 3 is 2.31 bits per heavy atom. The van der Waals surface area contributed by atoms with E-state index in [1.165, 1.54) is 20.8 Å². The van der Waals surface area contributed by atoms with Crippen LogP contribution in [-0.4, -0.2) is 99.2 Å². The SMILES string of the molecule is CC(=O)O[C@H]1CC2C([C@@H](O)[C@@H](N)[C@H]3C[C@@H]4O[C@@H]4[C@H](O)[C@]23C(C)=O)[C@@H]2[C@@H](OC(=O)CC(C)C)[C@@H]3[C@H]([C@H](C)[C@H]4O[C@]45OC(=O)[C@@](C)(O)[C@]35C)[C@@]12C. The number of nitrogens with two attached hydrogens (primary N) is 1. The normalized spacial score (nSPS) is 58.8. The second-order valence-corrected chi connectivity index (χ2v) is 17.7. The fraction of sp³-hybridized carbons (Fsp3) is 0.889. The van der Waals surface area contributed by atoms with E-state index < -0.39 is 124 Å². The monoisotopic (exact) mass is 689 g/mol. The number of hydrogen-bond donors (Lipinski definition) is 4. The number of esters is 3. The molecule has 8 rings (SSSR count). The van der Waals surface area contributed by atoms with Crippen LogP contribution in [0.25, 0.3) is 0 Å². The number of hydrogen-bond acceptors (Lipinski definition) is 13. The van der Waals surface area contributed by atoms with Crippen molar-refractivity contribution in [3.63, 3.8) is 0 Å². The van der Waals surface area contributed by atoms with E-state index in [0.29, 0.717) is 6.42 Å². The molecule has 0 radical (unpaired) electrons. The molecule has 5 saturated carbocycles. The predicted molar refractivity (Wildman–Crippen MR) is 167 cm³/mol. The van der Waals surface area contributed by atoms with Crippen molar-refractivity contribution in [1.82, 2.24) is 0 Å². The first-order valence-electron chi connectivity index (χ1n) is 18.0. The predicted octanol–water partition coefficient (Wildman–Crippen LogP) is 0.865. The van der Waals surface area contributed by atoms with Crippen LogP contribution < -0.4 is 5.73 Å². The third-order valence-electron chi connectivity index (χ3n) is 15.4. The minimum atomic E-state index is -2.06. The highest BCUT2D eigenvalue weighted by molar-refractivity contribution is 5.85. The molecule has 5 N–H and O–H groups in total. The Morgan fingerprint density at radius 1 is 1.02 bits per heavy atom. The Hall–Kier alpha value is -2.16. The number of epoxide rings is 2. The van der Waals surface area contributed by atoms with E-state index in [4.69, 9.17) is 29.4 Å². The summed E-state index contributed by atoms with van der Waals surface area (Å²) in [7, 11) is 0. The third-order valence-corrected chi connectivity index (χ3v) is 15.4. The van der Waals surface area contributed by atoms with Crippen molar-refractivity contribution in [3.8, 4) is 0 Å². The highest BCUT2D eigenvalue weighted by atomic mass is 16.8. The van der Waals surface area contributed by atoms with Crippen LogP contribution in [0.4, 0.5) is 0 Å². The molecule has 5 aliphatic carbocycles. The van der Waals surface area contributed by atoms with E-state index >= 15 is 0 Å². The van der Waals surface area contributed by atoms with Crippen molar-refractivity contribution in [2.75, 3.05) is 0 Å². The standard InChI is InChI=1S/C36H51NO12/c1-12(2)9-20(40)47-28-23-21-16(35(14(4)38)17(25(37)26(21)41)10-18-27(46-18)29(35)42)11-19(45-15(5)39)32(23,6)22-13(3)30-36(48-30)33(7,24(22)28)34(8,44)31(43)49-36/h12-13,16-19,21-30,41-42,44H,9-11,37H2,1-8H3/t13-,16?,17+,18-,19-,21?,22-,23+,24-,25-,26+,27-,28+,29-,30+,32+,33-,34+,35+,36-/m0/s1. The van der Waals surface area contributed by atoms with Crippen LogP contribution in [0.1, 0.15) is 74.7 Å². The van der Waals surface area contributed by atoms with Gasteiger partial charge in [0, 0.05) is 36.6 Å². The van der Waals surface area contributed by atoms with Gasteiger partial charge >= 0.3 is 17.9 Å². The Bertz CT molecular complexity index is 1520. The zero-order chi connectivity index (χ0) is 35.7. The summed E-state index contributed by atoms with van der Waals surface area (Å²) in [5.74, 6) is -8.19. The number of aliphatic hydroxyl groups excluding tert-OH is 2. The molecule has 8 fully saturated rings. The summed E-state index contributed by atoms with van der Waals surface area (Å²) < 4.78 is 30.9. The van der Waals surface area contributed by atoms with Gasteiger partial charge in [-0.25, -0.2) is 4.79 Å². The first kappa shape index (κ1) is 34.0. The Kier molecular flexibility index (Phi) is 6.95. The molecule has 13 nitrogen and oxygen atoms in total. The van der Waals surface area contributed by atoms with Crippen molar-refractivity contribution >= 4 is 23.7 Å². The maximum Gasteiger partial charge on any atom is 0.341 e. The highest BCUT2D eigenvalue weighted by Crippen LogP contribution is 2.81. The summed E-state index contributed by atoms with van der Waals surface area (Å²) in [6, 6.07) is -0.926. The Balaban J connectivity index is 1.38. The lowest BCUT2D eigenvalue weighted by Gasteiger charge is -2.65. The maximum atomic E-state index is 14.1. The van der Waals surface area contributed by atoms with Crippen LogP contribution in [0.2, 0.25) is 0 Å². The fourth-order valence-electron chi connectivity index (χ4n) is 13.4. The number of fused-ring (bicyclic) bond motifs is 9. The van der Waals surface area contributed by atoms with Gasteiger partial charge in [-0.15, -0.1) is 0 Å². The summed E-state index contributed by atoms with van der Waals surface area (Å²) in [6.07, 6.45) is -5.13. The largest absolute Gasteiger partial charge is 0.462 e. The summed E-state index contributed by atoms with van der Waals surface area (Å²) in [5.41, 5.74) is 0.996. The summed E-state index contributed by atoms with van der Waals surface area (Å²) in [4.78, 5) is 54.4. The van der Waals surface area contributed by atoms with Crippen LogP contribution in [0, 0.1) is 63.6 Å². The summed E-state index contributed by atoms with van der Waals surface area (Å²) in [6.45, 7) is 13.6. The van der Waals surface area contributed by atoms with Crippen molar-refractivity contribution in [2.45, 2.75) is 135 Å². The van der Waals surface area contributed by atoms with Crippen LogP contribution in [0.5, 0.6) is 0 Å². The van der Waals surface area contributed by atoms with Crippen LogP contribution in [0.15, 0.2) is 0 Å². The molecule has 1 spiro atoms. The van der Waals surface area contributed by atoms with Crippen molar-refractivity contribution in [2.24, 2.45) is 69.3 Å². The minimum absolute atomic E-state index is 0.0499. The number of ketones is 1. The smallest absolute Gasteiger partial charge is 0.341 e. The van der Waals surface area contributed by atoms with Crippen LogP contribution in [0.3, 0.4) is 0 Å². The molecule has 272 valence electrons. The molecule has 8 aliphatic rings. The van der Waals surface area contributed by atoms with E-state index in [1.54, 1.807) is 6.92 Å². The molecule has 2 unspecified atom stereocenters. The van der Waals surface area contributed by atoms with Gasteiger partial charge in [-0.2, -0.15) is 0 Å². The molecule has 0 aromatic heterocycles. The lowest BCUT2D eigenvalue weighted by Crippen LogP contribution is -2.74. The second kappa shape index (κ2) is 10.0.